The van der Waals surface area contributed by atoms with Gasteiger partial charge >= 0.3 is 0 Å². The summed E-state index contributed by atoms with van der Waals surface area (Å²) in [6.07, 6.45) is 2.60. The van der Waals surface area contributed by atoms with Gasteiger partial charge < -0.3 is 14.6 Å². The van der Waals surface area contributed by atoms with Crippen molar-refractivity contribution < 1.29 is 14.0 Å². The molecular weight excluding hydrogens is 256 g/mol. The molecular formula is C15H22N2O3. The molecule has 0 bridgehead atoms. The number of hydrogen-bond donors (Lipinski definition) is 1. The number of nitrogens with zero attached hydrogens (tertiary/aromatic N) is 1. The molecule has 1 fully saturated rings. The summed E-state index contributed by atoms with van der Waals surface area (Å²) < 4.78 is 5.38. The fourth-order valence-corrected chi connectivity index (χ4v) is 2.56. The highest BCUT2D eigenvalue weighted by molar-refractivity contribution is 5.90. The van der Waals surface area contributed by atoms with Crippen LogP contribution in [0.4, 0.5) is 0 Å². The van der Waals surface area contributed by atoms with E-state index in [1.807, 2.05) is 32.9 Å². The van der Waals surface area contributed by atoms with E-state index in [4.69, 9.17) is 4.42 Å². The summed E-state index contributed by atoms with van der Waals surface area (Å²) in [4.78, 5) is 26.1. The van der Waals surface area contributed by atoms with E-state index in [0.717, 1.165) is 5.76 Å². The summed E-state index contributed by atoms with van der Waals surface area (Å²) >= 11 is 0. The van der Waals surface area contributed by atoms with E-state index in [1.165, 1.54) is 0 Å². The van der Waals surface area contributed by atoms with Gasteiger partial charge in [0.15, 0.2) is 0 Å². The monoisotopic (exact) mass is 278 g/mol. The first-order valence-electron chi connectivity index (χ1n) is 7.12. The lowest BCUT2D eigenvalue weighted by atomic mass is 10.0. The van der Waals surface area contributed by atoms with Crippen LogP contribution in [0.25, 0.3) is 0 Å². The van der Waals surface area contributed by atoms with Crippen molar-refractivity contribution in [1.82, 2.24) is 10.2 Å². The standard InChI is InChI=1S/C15H22N2O3/c1-10(2)9-12-15(19)17(7-6-14(18)16-12)11(3)13-5-4-8-20-13/h4-5,8,10-12H,6-7,9H2,1-3H3,(H,16,18). The van der Waals surface area contributed by atoms with Gasteiger partial charge in [-0.3, -0.25) is 9.59 Å². The molecule has 5 nitrogen and oxygen atoms in total. The van der Waals surface area contributed by atoms with Crippen molar-refractivity contribution in [2.75, 3.05) is 6.54 Å². The third-order valence-electron chi connectivity index (χ3n) is 3.63. The van der Waals surface area contributed by atoms with Crippen LogP contribution in [0.3, 0.4) is 0 Å². The zero-order chi connectivity index (χ0) is 14.7. The Kier molecular flexibility index (Phi) is 4.47. The van der Waals surface area contributed by atoms with Gasteiger partial charge in [0.1, 0.15) is 11.8 Å². The second kappa shape index (κ2) is 6.11. The Labute approximate surface area is 119 Å². The van der Waals surface area contributed by atoms with Gasteiger partial charge in [0.05, 0.1) is 12.3 Å². The maximum atomic E-state index is 12.6. The number of rotatable bonds is 4. The molecule has 0 spiro atoms. The quantitative estimate of drug-likeness (QED) is 0.917. The van der Waals surface area contributed by atoms with Gasteiger partial charge in [0.25, 0.3) is 0 Å². The Morgan fingerprint density at radius 3 is 2.75 bits per heavy atom. The van der Waals surface area contributed by atoms with Gasteiger partial charge in [-0.1, -0.05) is 13.8 Å². The molecule has 5 heteroatoms. The second-order valence-corrected chi connectivity index (χ2v) is 5.72. The minimum Gasteiger partial charge on any atom is -0.467 e. The van der Waals surface area contributed by atoms with Crippen LogP contribution in [-0.4, -0.2) is 29.3 Å². The third-order valence-corrected chi connectivity index (χ3v) is 3.63. The lowest BCUT2D eigenvalue weighted by molar-refractivity contribution is -0.136. The molecule has 1 aliphatic rings. The molecule has 1 aromatic rings. The molecule has 1 N–H and O–H groups in total. The highest BCUT2D eigenvalue weighted by Gasteiger charge is 2.33. The van der Waals surface area contributed by atoms with Crippen LogP contribution in [0.5, 0.6) is 0 Å². The molecule has 2 unspecified atom stereocenters. The molecule has 1 aromatic heterocycles. The van der Waals surface area contributed by atoms with Crippen LogP contribution < -0.4 is 5.32 Å². The Morgan fingerprint density at radius 2 is 2.15 bits per heavy atom. The highest BCUT2D eigenvalue weighted by Crippen LogP contribution is 2.24. The first-order valence-corrected chi connectivity index (χ1v) is 7.12. The number of furan rings is 1. The van der Waals surface area contributed by atoms with Crippen molar-refractivity contribution in [3.05, 3.63) is 24.2 Å². The molecule has 0 radical (unpaired) electrons. The normalized spacial score (nSPS) is 21.8. The van der Waals surface area contributed by atoms with Crippen molar-refractivity contribution in [2.24, 2.45) is 5.92 Å². The zero-order valence-corrected chi connectivity index (χ0v) is 12.3. The fraction of sp³-hybridized carbons (Fsp3) is 0.600. The van der Waals surface area contributed by atoms with E-state index < -0.39 is 6.04 Å². The molecule has 2 amide bonds. The molecule has 1 saturated heterocycles. The molecule has 20 heavy (non-hydrogen) atoms. The predicted molar refractivity (Wildman–Crippen MR) is 74.8 cm³/mol. The first-order chi connectivity index (χ1) is 9.49. The Bertz CT molecular complexity index is 467. The van der Waals surface area contributed by atoms with Crippen molar-refractivity contribution in [1.29, 1.82) is 0 Å². The molecule has 110 valence electrons. The average Bonchev–Trinajstić information content (AvgIpc) is 2.86. The van der Waals surface area contributed by atoms with Crippen molar-refractivity contribution in [2.45, 2.75) is 45.7 Å². The lowest BCUT2D eigenvalue weighted by Gasteiger charge is -2.29. The number of carbonyl (C=O) groups excluding carboxylic acids is 2. The van der Waals surface area contributed by atoms with E-state index in [1.54, 1.807) is 11.2 Å². The molecule has 0 saturated carbocycles. The molecule has 2 heterocycles. The largest absolute Gasteiger partial charge is 0.467 e. The third kappa shape index (κ3) is 3.21. The SMILES string of the molecule is CC(C)CC1NC(=O)CCN(C(C)c2ccco2)C1=O. The Morgan fingerprint density at radius 1 is 1.40 bits per heavy atom. The summed E-state index contributed by atoms with van der Waals surface area (Å²) in [5.41, 5.74) is 0. The molecule has 0 aromatic carbocycles. The minimum atomic E-state index is -0.428. The van der Waals surface area contributed by atoms with Crippen LogP contribution >= 0.6 is 0 Å². The van der Waals surface area contributed by atoms with Gasteiger partial charge in [-0.05, 0) is 31.4 Å². The summed E-state index contributed by atoms with van der Waals surface area (Å²) in [6.45, 7) is 6.45. The lowest BCUT2D eigenvalue weighted by Crippen LogP contribution is -2.46. The van der Waals surface area contributed by atoms with Gasteiger partial charge in [-0.2, -0.15) is 0 Å². The van der Waals surface area contributed by atoms with E-state index in [0.29, 0.717) is 25.3 Å². The van der Waals surface area contributed by atoms with E-state index in [-0.39, 0.29) is 17.9 Å². The van der Waals surface area contributed by atoms with Crippen LogP contribution in [0.15, 0.2) is 22.8 Å². The highest BCUT2D eigenvalue weighted by atomic mass is 16.3. The topological polar surface area (TPSA) is 62.6 Å². The predicted octanol–water partition coefficient (Wildman–Crippen LogP) is 2.10. The van der Waals surface area contributed by atoms with Crippen LogP contribution in [0.1, 0.15) is 45.4 Å². The van der Waals surface area contributed by atoms with Crippen molar-refractivity contribution in [3.8, 4) is 0 Å². The molecule has 1 aliphatic heterocycles. The smallest absolute Gasteiger partial charge is 0.245 e. The van der Waals surface area contributed by atoms with Crippen molar-refractivity contribution >= 4 is 11.8 Å². The zero-order valence-electron chi connectivity index (χ0n) is 12.3. The van der Waals surface area contributed by atoms with Gasteiger partial charge in [-0.15, -0.1) is 0 Å². The van der Waals surface area contributed by atoms with Gasteiger partial charge in [0, 0.05) is 13.0 Å². The summed E-state index contributed by atoms with van der Waals surface area (Å²) in [5.74, 6) is 1.02. The maximum absolute atomic E-state index is 12.6. The van der Waals surface area contributed by atoms with Crippen LogP contribution in [0.2, 0.25) is 0 Å². The minimum absolute atomic E-state index is 0.0200. The Hall–Kier alpha value is -1.78. The van der Waals surface area contributed by atoms with Crippen LogP contribution in [-0.2, 0) is 9.59 Å². The van der Waals surface area contributed by atoms with Crippen molar-refractivity contribution in [3.63, 3.8) is 0 Å². The maximum Gasteiger partial charge on any atom is 0.245 e. The molecule has 2 atom stereocenters. The van der Waals surface area contributed by atoms with Crippen LogP contribution in [0, 0.1) is 5.92 Å². The second-order valence-electron chi connectivity index (χ2n) is 5.72. The molecule has 2 rings (SSSR count). The van der Waals surface area contributed by atoms with Gasteiger partial charge in [0.2, 0.25) is 11.8 Å². The first kappa shape index (κ1) is 14.6. The summed E-state index contributed by atoms with van der Waals surface area (Å²) in [5, 5.41) is 2.83. The average molecular weight is 278 g/mol. The van der Waals surface area contributed by atoms with E-state index in [2.05, 4.69) is 5.32 Å². The number of carbonyl (C=O) groups is 2. The van der Waals surface area contributed by atoms with E-state index in [9.17, 15) is 9.59 Å². The summed E-state index contributed by atoms with van der Waals surface area (Å²) in [6, 6.07) is 3.08. The number of nitrogens with one attached hydrogen (secondary N) is 1. The van der Waals surface area contributed by atoms with E-state index >= 15 is 0 Å². The summed E-state index contributed by atoms with van der Waals surface area (Å²) in [7, 11) is 0. The fourth-order valence-electron chi connectivity index (χ4n) is 2.56. The molecule has 0 aliphatic carbocycles. The number of amides is 2. The number of hydrogen-bond acceptors (Lipinski definition) is 3. The Balaban J connectivity index is 2.18. The van der Waals surface area contributed by atoms with Gasteiger partial charge in [-0.25, -0.2) is 0 Å².